The maximum Gasteiger partial charge on any atom is 0.204 e. The van der Waals surface area contributed by atoms with E-state index in [4.69, 9.17) is 0 Å². The van der Waals surface area contributed by atoms with Crippen molar-refractivity contribution in [3.63, 3.8) is 0 Å². The van der Waals surface area contributed by atoms with Crippen LogP contribution >= 0.6 is 17.3 Å². The maximum absolute atomic E-state index is 11.2. The summed E-state index contributed by atoms with van der Waals surface area (Å²) in [6.45, 7) is 5.52. The number of rotatable bonds is 6. The summed E-state index contributed by atoms with van der Waals surface area (Å²) in [6, 6.07) is 0. The van der Waals surface area contributed by atoms with Crippen LogP contribution in [-0.4, -0.2) is 17.2 Å². The first kappa shape index (κ1) is 14.9. The fourth-order valence-electron chi connectivity index (χ4n) is 0.902. The van der Waals surface area contributed by atoms with Gasteiger partial charge in [0, 0.05) is 12.3 Å². The number of hydrogen-bond donors (Lipinski definition) is 1. The van der Waals surface area contributed by atoms with Crippen molar-refractivity contribution in [3.8, 4) is 0 Å². The highest BCUT2D eigenvalue weighted by molar-refractivity contribution is 7.58. The van der Waals surface area contributed by atoms with E-state index >= 15 is 0 Å². The van der Waals surface area contributed by atoms with E-state index in [1.165, 1.54) is 6.08 Å². The van der Waals surface area contributed by atoms with Gasteiger partial charge >= 0.3 is 0 Å². The molecule has 0 heterocycles. The molecular formula is C8H20O2P2. The van der Waals surface area contributed by atoms with Crippen LogP contribution in [0.25, 0.3) is 0 Å². The Bertz CT molecular complexity index is 157. The predicted molar refractivity (Wildman–Crippen MR) is 60.4 cm³/mol. The van der Waals surface area contributed by atoms with Crippen molar-refractivity contribution in [2.75, 3.05) is 12.3 Å². The van der Waals surface area contributed by atoms with Crippen LogP contribution in [0.3, 0.4) is 0 Å². The van der Waals surface area contributed by atoms with Crippen molar-refractivity contribution < 1.29 is 9.46 Å². The minimum atomic E-state index is -2.84. The average Bonchev–Trinajstić information content (AvgIpc) is 1.87. The van der Waals surface area contributed by atoms with E-state index in [0.717, 1.165) is 19.3 Å². The van der Waals surface area contributed by atoms with Crippen molar-refractivity contribution in [2.24, 2.45) is 0 Å². The Morgan fingerprint density at radius 3 is 2.50 bits per heavy atom. The van der Waals surface area contributed by atoms with Gasteiger partial charge in [-0.1, -0.05) is 25.8 Å². The first-order valence-electron chi connectivity index (χ1n) is 4.04. The van der Waals surface area contributed by atoms with Crippen molar-refractivity contribution in [1.82, 2.24) is 0 Å². The normalized spacial score (nSPS) is 14.5. The molecule has 0 saturated heterocycles. The van der Waals surface area contributed by atoms with E-state index in [2.05, 4.69) is 13.5 Å². The summed E-state index contributed by atoms with van der Waals surface area (Å²) < 4.78 is 11.2. The molecule has 2 nitrogen and oxygen atoms in total. The molecule has 0 aromatic rings. The van der Waals surface area contributed by atoms with Crippen LogP contribution in [0.4, 0.5) is 0 Å². The molecule has 0 aromatic carbocycles. The summed E-state index contributed by atoms with van der Waals surface area (Å²) in [5.41, 5.74) is 0. The molecule has 1 N–H and O–H groups in total. The first-order chi connectivity index (χ1) is 5.12. The van der Waals surface area contributed by atoms with Gasteiger partial charge in [0.25, 0.3) is 0 Å². The van der Waals surface area contributed by atoms with Gasteiger partial charge in [0.2, 0.25) is 7.37 Å². The molecule has 0 aliphatic carbocycles. The van der Waals surface area contributed by atoms with E-state index in [1.54, 1.807) is 0 Å². The molecule has 0 aliphatic rings. The smallest absolute Gasteiger partial charge is 0.204 e. The van der Waals surface area contributed by atoms with Gasteiger partial charge in [-0.05, 0) is 6.42 Å². The molecule has 0 amide bonds. The van der Waals surface area contributed by atoms with Crippen molar-refractivity contribution in [1.29, 1.82) is 0 Å². The van der Waals surface area contributed by atoms with Gasteiger partial charge in [0.05, 0.1) is 0 Å². The zero-order valence-electron chi connectivity index (χ0n) is 7.83. The molecule has 2 atom stereocenters. The molecule has 0 aromatic heterocycles. The first-order valence-corrected chi connectivity index (χ1v) is 6.07. The summed E-state index contributed by atoms with van der Waals surface area (Å²) in [7, 11) is -2.84. The second kappa shape index (κ2) is 7.98. The predicted octanol–water partition coefficient (Wildman–Crippen LogP) is 2.69. The largest absolute Gasteiger partial charge is 0.344 e. The Kier molecular flexibility index (Phi) is 9.88. The molecule has 0 spiro atoms. The maximum atomic E-state index is 11.2. The lowest BCUT2D eigenvalue weighted by Gasteiger charge is -2.07. The Balaban J connectivity index is 0. The molecule has 0 aliphatic heterocycles. The standard InChI is InChI=1S/C8H17O2P.H3P/c1-3-5-6-8-11(9,10)7-4-2;/h4H,2-3,5-8H2,1H3,(H,9,10);1H3. The third kappa shape index (κ3) is 8.46. The lowest BCUT2D eigenvalue weighted by atomic mass is 10.3. The molecule has 74 valence electrons. The third-order valence-electron chi connectivity index (χ3n) is 1.53. The number of hydrogen-bond acceptors (Lipinski definition) is 1. The third-order valence-corrected chi connectivity index (χ3v) is 3.37. The molecule has 0 radical (unpaired) electrons. The van der Waals surface area contributed by atoms with Crippen LogP contribution in [0, 0.1) is 0 Å². The Labute approximate surface area is 78.5 Å². The fourth-order valence-corrected chi connectivity index (χ4v) is 2.21. The van der Waals surface area contributed by atoms with Crippen LogP contribution in [-0.2, 0) is 4.57 Å². The van der Waals surface area contributed by atoms with Gasteiger partial charge in [0.15, 0.2) is 0 Å². The molecule has 0 bridgehead atoms. The van der Waals surface area contributed by atoms with Gasteiger partial charge in [-0.25, -0.2) is 0 Å². The zero-order chi connectivity index (χ0) is 8.74. The van der Waals surface area contributed by atoms with Gasteiger partial charge in [-0.2, -0.15) is 9.90 Å². The Morgan fingerprint density at radius 1 is 1.50 bits per heavy atom. The lowest BCUT2D eigenvalue weighted by Crippen LogP contribution is -1.91. The van der Waals surface area contributed by atoms with Crippen molar-refractivity contribution in [3.05, 3.63) is 12.7 Å². The van der Waals surface area contributed by atoms with E-state index in [9.17, 15) is 9.46 Å². The second-order valence-corrected chi connectivity index (χ2v) is 5.25. The van der Waals surface area contributed by atoms with Crippen LogP contribution in [0.2, 0.25) is 0 Å². The molecule has 12 heavy (non-hydrogen) atoms. The summed E-state index contributed by atoms with van der Waals surface area (Å²) in [4.78, 5) is 9.23. The SMILES string of the molecule is C=CCP(=O)(O)CCCCC.P. The average molecular weight is 210 g/mol. The number of allylic oxidation sites excluding steroid dienone is 1. The molecular weight excluding hydrogens is 190 g/mol. The molecule has 4 heteroatoms. The second-order valence-electron chi connectivity index (χ2n) is 2.75. The highest BCUT2D eigenvalue weighted by Gasteiger charge is 2.13. The Morgan fingerprint density at radius 2 is 2.08 bits per heavy atom. The minimum absolute atomic E-state index is 0. The minimum Gasteiger partial charge on any atom is -0.344 e. The van der Waals surface area contributed by atoms with Crippen molar-refractivity contribution >= 4 is 17.3 Å². The van der Waals surface area contributed by atoms with Crippen molar-refractivity contribution in [2.45, 2.75) is 26.2 Å². The highest BCUT2D eigenvalue weighted by atomic mass is 31.2. The fraction of sp³-hybridized carbons (Fsp3) is 0.750. The topological polar surface area (TPSA) is 37.3 Å². The molecule has 2 unspecified atom stereocenters. The van der Waals surface area contributed by atoms with Crippen LogP contribution in [0.5, 0.6) is 0 Å². The zero-order valence-corrected chi connectivity index (χ0v) is 10.1. The van der Waals surface area contributed by atoms with Gasteiger partial charge in [-0.15, -0.1) is 6.58 Å². The summed E-state index contributed by atoms with van der Waals surface area (Å²) >= 11 is 0. The van der Waals surface area contributed by atoms with E-state index < -0.39 is 7.37 Å². The van der Waals surface area contributed by atoms with E-state index in [0.29, 0.717) is 6.16 Å². The lowest BCUT2D eigenvalue weighted by molar-refractivity contribution is 0.478. The van der Waals surface area contributed by atoms with Gasteiger partial charge in [0.1, 0.15) is 0 Å². The van der Waals surface area contributed by atoms with E-state index in [-0.39, 0.29) is 16.1 Å². The molecule has 0 rings (SSSR count). The summed E-state index contributed by atoms with van der Waals surface area (Å²) in [5.74, 6) is 0. The van der Waals surface area contributed by atoms with E-state index in [1.807, 2.05) is 0 Å². The van der Waals surface area contributed by atoms with Crippen LogP contribution in [0.1, 0.15) is 26.2 Å². The van der Waals surface area contributed by atoms with Gasteiger partial charge < -0.3 is 4.89 Å². The van der Waals surface area contributed by atoms with Crippen LogP contribution < -0.4 is 0 Å². The van der Waals surface area contributed by atoms with Gasteiger partial charge in [-0.3, -0.25) is 4.57 Å². The molecule has 0 fully saturated rings. The highest BCUT2D eigenvalue weighted by Crippen LogP contribution is 2.41. The Hall–Kier alpha value is 0.360. The number of unbranched alkanes of at least 4 members (excludes halogenated alkanes) is 2. The summed E-state index contributed by atoms with van der Waals surface area (Å²) in [5, 5.41) is 0. The quantitative estimate of drug-likeness (QED) is 0.415. The summed E-state index contributed by atoms with van der Waals surface area (Å²) in [6.07, 6.45) is 5.23. The molecule has 0 saturated carbocycles. The van der Waals surface area contributed by atoms with Crippen LogP contribution in [0.15, 0.2) is 12.7 Å². The monoisotopic (exact) mass is 210 g/mol.